The maximum atomic E-state index is 12.2. The Morgan fingerprint density at radius 1 is 1.27 bits per heavy atom. The summed E-state index contributed by atoms with van der Waals surface area (Å²) >= 11 is 0. The van der Waals surface area contributed by atoms with E-state index in [0.717, 1.165) is 12.8 Å². The van der Waals surface area contributed by atoms with E-state index in [0.29, 0.717) is 24.4 Å². The van der Waals surface area contributed by atoms with E-state index < -0.39 is 0 Å². The number of amides is 1. The van der Waals surface area contributed by atoms with E-state index in [4.69, 9.17) is 5.73 Å². The second-order valence-electron chi connectivity index (χ2n) is 5.07. The largest absolute Gasteiger partial charge is 0.343 e. The predicted molar refractivity (Wildman–Crippen MR) is 60.3 cm³/mol. The monoisotopic (exact) mass is 210 g/mol. The first kappa shape index (κ1) is 10.9. The lowest BCUT2D eigenvalue weighted by atomic mass is 9.78. The smallest absolute Gasteiger partial charge is 0.225 e. The third-order valence-electron chi connectivity index (χ3n) is 3.97. The zero-order valence-electron chi connectivity index (χ0n) is 9.61. The summed E-state index contributed by atoms with van der Waals surface area (Å²) in [5.74, 6) is 1.01. The maximum absolute atomic E-state index is 12.2. The zero-order valence-corrected chi connectivity index (χ0v) is 9.61. The van der Waals surface area contributed by atoms with Crippen LogP contribution in [0.15, 0.2) is 0 Å². The minimum atomic E-state index is 0.217. The maximum Gasteiger partial charge on any atom is 0.225 e. The van der Waals surface area contributed by atoms with Gasteiger partial charge in [-0.2, -0.15) is 0 Å². The quantitative estimate of drug-likeness (QED) is 0.764. The fraction of sp³-hybridized carbons (Fsp3) is 0.917. The van der Waals surface area contributed by atoms with E-state index in [-0.39, 0.29) is 5.92 Å². The first-order chi connectivity index (χ1) is 7.24. The third-order valence-corrected chi connectivity index (χ3v) is 3.97. The van der Waals surface area contributed by atoms with Gasteiger partial charge in [-0.05, 0) is 38.1 Å². The fourth-order valence-electron chi connectivity index (χ4n) is 2.72. The van der Waals surface area contributed by atoms with Crippen LogP contribution in [0.25, 0.3) is 0 Å². The lowest BCUT2D eigenvalue weighted by molar-refractivity contribution is -0.137. The van der Waals surface area contributed by atoms with Crippen LogP contribution >= 0.6 is 0 Å². The molecule has 0 radical (unpaired) electrons. The summed E-state index contributed by atoms with van der Waals surface area (Å²) in [7, 11) is 1.96. The molecule has 0 aromatic rings. The standard InChI is InChI=1S/C12H22N2O/c1-14(10-6-7-10)12(15)11-5-3-2-4-9(11)8-13/h9-11H,2-8,13H2,1H3. The molecule has 2 N–H and O–H groups in total. The number of nitrogens with zero attached hydrogens (tertiary/aromatic N) is 1. The van der Waals surface area contributed by atoms with Gasteiger partial charge in [0.05, 0.1) is 0 Å². The summed E-state index contributed by atoms with van der Waals surface area (Å²) in [6, 6.07) is 0.540. The van der Waals surface area contributed by atoms with Crippen molar-refractivity contribution < 1.29 is 4.79 Å². The molecule has 2 fully saturated rings. The van der Waals surface area contributed by atoms with Gasteiger partial charge in [0, 0.05) is 19.0 Å². The molecule has 2 atom stereocenters. The van der Waals surface area contributed by atoms with Crippen molar-refractivity contribution in [2.45, 2.75) is 44.6 Å². The summed E-state index contributed by atoms with van der Waals surface area (Å²) < 4.78 is 0. The summed E-state index contributed by atoms with van der Waals surface area (Å²) in [6.45, 7) is 0.676. The highest BCUT2D eigenvalue weighted by atomic mass is 16.2. The van der Waals surface area contributed by atoms with Crippen molar-refractivity contribution in [3.8, 4) is 0 Å². The second-order valence-corrected chi connectivity index (χ2v) is 5.07. The molecule has 0 saturated heterocycles. The Morgan fingerprint density at radius 3 is 2.53 bits per heavy atom. The average Bonchev–Trinajstić information content (AvgIpc) is 3.11. The van der Waals surface area contributed by atoms with E-state index in [1.165, 1.54) is 25.7 Å². The van der Waals surface area contributed by atoms with Crippen LogP contribution in [-0.2, 0) is 4.79 Å². The number of rotatable bonds is 3. The van der Waals surface area contributed by atoms with Crippen LogP contribution in [0.3, 0.4) is 0 Å². The van der Waals surface area contributed by atoms with Crippen LogP contribution < -0.4 is 5.73 Å². The van der Waals surface area contributed by atoms with E-state index >= 15 is 0 Å². The molecule has 3 nitrogen and oxygen atoms in total. The van der Waals surface area contributed by atoms with Gasteiger partial charge in [0.25, 0.3) is 0 Å². The highest BCUT2D eigenvalue weighted by Gasteiger charge is 2.36. The minimum Gasteiger partial charge on any atom is -0.343 e. The Bertz CT molecular complexity index is 238. The fourth-order valence-corrected chi connectivity index (χ4v) is 2.72. The molecule has 86 valence electrons. The first-order valence-electron chi connectivity index (χ1n) is 6.20. The molecule has 2 aliphatic rings. The Balaban J connectivity index is 1.96. The van der Waals surface area contributed by atoms with E-state index in [9.17, 15) is 4.79 Å². The normalized spacial score (nSPS) is 31.3. The number of hydrogen-bond acceptors (Lipinski definition) is 2. The van der Waals surface area contributed by atoms with Gasteiger partial charge < -0.3 is 10.6 Å². The third kappa shape index (κ3) is 2.33. The highest BCUT2D eigenvalue weighted by molar-refractivity contribution is 5.79. The van der Waals surface area contributed by atoms with E-state index in [1.807, 2.05) is 11.9 Å². The van der Waals surface area contributed by atoms with Gasteiger partial charge in [-0.3, -0.25) is 4.79 Å². The summed E-state index contributed by atoms with van der Waals surface area (Å²) in [6.07, 6.45) is 7.04. The van der Waals surface area contributed by atoms with Gasteiger partial charge in [0.1, 0.15) is 0 Å². The van der Waals surface area contributed by atoms with Gasteiger partial charge in [-0.25, -0.2) is 0 Å². The topological polar surface area (TPSA) is 46.3 Å². The molecule has 2 rings (SSSR count). The van der Waals surface area contributed by atoms with Crippen LogP contribution in [0.4, 0.5) is 0 Å². The van der Waals surface area contributed by atoms with Crippen LogP contribution in [0.1, 0.15) is 38.5 Å². The Morgan fingerprint density at radius 2 is 1.93 bits per heavy atom. The highest BCUT2D eigenvalue weighted by Crippen LogP contribution is 2.33. The molecule has 0 heterocycles. The zero-order chi connectivity index (χ0) is 10.8. The SMILES string of the molecule is CN(C(=O)C1CCCCC1CN)C1CC1. The molecule has 0 spiro atoms. The molecular formula is C12H22N2O. The molecule has 1 amide bonds. The van der Waals surface area contributed by atoms with Crippen LogP contribution in [-0.4, -0.2) is 30.4 Å². The van der Waals surface area contributed by atoms with E-state index in [2.05, 4.69) is 0 Å². The molecule has 2 unspecified atom stereocenters. The average molecular weight is 210 g/mol. The molecule has 0 aromatic heterocycles. The molecule has 2 aliphatic carbocycles. The molecule has 3 heteroatoms. The lowest BCUT2D eigenvalue weighted by Gasteiger charge is -2.32. The van der Waals surface area contributed by atoms with Crippen molar-refractivity contribution in [2.24, 2.45) is 17.6 Å². The first-order valence-corrected chi connectivity index (χ1v) is 6.20. The van der Waals surface area contributed by atoms with Crippen molar-refractivity contribution in [1.29, 1.82) is 0 Å². The Kier molecular flexibility index (Phi) is 3.29. The van der Waals surface area contributed by atoms with Crippen LogP contribution in [0.2, 0.25) is 0 Å². The van der Waals surface area contributed by atoms with Crippen molar-refractivity contribution >= 4 is 5.91 Å². The van der Waals surface area contributed by atoms with E-state index in [1.54, 1.807) is 0 Å². The van der Waals surface area contributed by atoms with Crippen molar-refractivity contribution in [2.75, 3.05) is 13.6 Å². The van der Waals surface area contributed by atoms with Gasteiger partial charge in [-0.1, -0.05) is 12.8 Å². The number of nitrogens with two attached hydrogens (primary N) is 1. The Hall–Kier alpha value is -0.570. The molecule has 0 aliphatic heterocycles. The predicted octanol–water partition coefficient (Wildman–Crippen LogP) is 1.37. The van der Waals surface area contributed by atoms with Gasteiger partial charge >= 0.3 is 0 Å². The number of carbonyl (C=O) groups is 1. The molecule has 2 saturated carbocycles. The lowest BCUT2D eigenvalue weighted by Crippen LogP contribution is -2.41. The summed E-state index contributed by atoms with van der Waals surface area (Å²) in [4.78, 5) is 14.2. The summed E-state index contributed by atoms with van der Waals surface area (Å²) in [5, 5.41) is 0. The van der Waals surface area contributed by atoms with Gasteiger partial charge in [0.15, 0.2) is 0 Å². The molecule has 15 heavy (non-hydrogen) atoms. The van der Waals surface area contributed by atoms with Crippen molar-refractivity contribution in [3.63, 3.8) is 0 Å². The van der Waals surface area contributed by atoms with Crippen molar-refractivity contribution in [1.82, 2.24) is 4.90 Å². The van der Waals surface area contributed by atoms with Crippen LogP contribution in [0, 0.1) is 11.8 Å². The number of carbonyl (C=O) groups excluding carboxylic acids is 1. The molecular weight excluding hydrogens is 188 g/mol. The number of hydrogen-bond donors (Lipinski definition) is 1. The molecule has 0 aromatic carbocycles. The van der Waals surface area contributed by atoms with Gasteiger partial charge in [0.2, 0.25) is 5.91 Å². The Labute approximate surface area is 92.0 Å². The van der Waals surface area contributed by atoms with Crippen LogP contribution in [0.5, 0.6) is 0 Å². The van der Waals surface area contributed by atoms with Gasteiger partial charge in [-0.15, -0.1) is 0 Å². The second kappa shape index (κ2) is 4.52. The molecule has 0 bridgehead atoms. The van der Waals surface area contributed by atoms with Crippen molar-refractivity contribution in [3.05, 3.63) is 0 Å². The summed E-state index contributed by atoms with van der Waals surface area (Å²) in [5.41, 5.74) is 5.75. The minimum absolute atomic E-state index is 0.217.